The fourth-order valence-electron chi connectivity index (χ4n) is 3.20. The second-order valence-corrected chi connectivity index (χ2v) is 6.66. The van der Waals surface area contributed by atoms with Crippen molar-refractivity contribution >= 4 is 17.5 Å². The Bertz CT molecular complexity index is 1070. The molecule has 0 bridgehead atoms. The molecule has 6 nitrogen and oxygen atoms in total. The third-order valence-corrected chi connectivity index (χ3v) is 4.59. The number of nitrogens with one attached hydrogen (secondary N) is 2. The highest BCUT2D eigenvalue weighted by molar-refractivity contribution is 6.06. The molecular formula is C21H18F2N4O2. The lowest BCUT2D eigenvalue weighted by Gasteiger charge is -2.28. The molecule has 1 atom stereocenters. The highest BCUT2D eigenvalue weighted by Crippen LogP contribution is 2.36. The summed E-state index contributed by atoms with van der Waals surface area (Å²) in [5, 5.41) is 5.86. The lowest BCUT2D eigenvalue weighted by molar-refractivity contribution is 0.102. The number of para-hydroxylation sites is 1. The molecule has 1 aliphatic heterocycles. The zero-order valence-corrected chi connectivity index (χ0v) is 15.6. The molecule has 0 unspecified atom stereocenters. The van der Waals surface area contributed by atoms with E-state index in [2.05, 4.69) is 20.6 Å². The van der Waals surface area contributed by atoms with Crippen molar-refractivity contribution < 1.29 is 18.3 Å². The lowest BCUT2D eigenvalue weighted by Crippen LogP contribution is -2.24. The summed E-state index contributed by atoms with van der Waals surface area (Å²) in [5.41, 5.74) is 2.11. The average Bonchev–Trinajstić information content (AvgIpc) is 2.70. The average molecular weight is 396 g/mol. The second-order valence-electron chi connectivity index (χ2n) is 6.66. The van der Waals surface area contributed by atoms with E-state index in [1.807, 2.05) is 19.1 Å². The number of ether oxygens (including phenoxy) is 1. The van der Waals surface area contributed by atoms with Gasteiger partial charge in [-0.3, -0.25) is 4.79 Å². The summed E-state index contributed by atoms with van der Waals surface area (Å²) in [6, 6.07) is 10.1. The molecule has 148 valence electrons. The molecular weight excluding hydrogens is 378 g/mol. The number of anilines is 2. The Morgan fingerprint density at radius 2 is 2.03 bits per heavy atom. The minimum absolute atomic E-state index is 0.128. The lowest BCUT2D eigenvalue weighted by atomic mass is 9.97. The van der Waals surface area contributed by atoms with Crippen LogP contribution in [0, 0.1) is 18.6 Å². The molecule has 1 amide bonds. The predicted octanol–water partition coefficient (Wildman–Crippen LogP) is 4.25. The molecule has 1 aromatic heterocycles. The van der Waals surface area contributed by atoms with Crippen molar-refractivity contribution in [1.82, 2.24) is 9.97 Å². The van der Waals surface area contributed by atoms with Gasteiger partial charge in [-0.1, -0.05) is 12.1 Å². The van der Waals surface area contributed by atoms with Crippen LogP contribution in [0.1, 0.15) is 34.1 Å². The van der Waals surface area contributed by atoms with Gasteiger partial charge in [-0.2, -0.15) is 0 Å². The van der Waals surface area contributed by atoms with E-state index in [4.69, 9.17) is 4.74 Å². The molecule has 2 heterocycles. The van der Waals surface area contributed by atoms with Gasteiger partial charge in [0.1, 0.15) is 5.75 Å². The van der Waals surface area contributed by atoms with Gasteiger partial charge in [-0.05, 0) is 31.2 Å². The van der Waals surface area contributed by atoms with Crippen molar-refractivity contribution in [3.63, 3.8) is 0 Å². The number of fused-ring (bicyclic) bond motifs is 1. The van der Waals surface area contributed by atoms with Crippen LogP contribution in [0.3, 0.4) is 0 Å². The molecule has 1 aliphatic rings. The third kappa shape index (κ3) is 4.01. The minimum atomic E-state index is -1.03. The Balaban J connectivity index is 1.60. The van der Waals surface area contributed by atoms with Crippen LogP contribution in [0.5, 0.6) is 5.75 Å². The molecule has 0 spiro atoms. The molecule has 0 fully saturated rings. The summed E-state index contributed by atoms with van der Waals surface area (Å²) in [6.07, 6.45) is 2.36. The first kappa shape index (κ1) is 18.8. The number of hydrogen-bond donors (Lipinski definition) is 2. The number of carbonyl (C=O) groups is 1. The maximum absolute atomic E-state index is 13.4. The summed E-state index contributed by atoms with van der Waals surface area (Å²) in [7, 11) is 0. The summed E-state index contributed by atoms with van der Waals surface area (Å²) < 4.78 is 32.3. The van der Waals surface area contributed by atoms with Gasteiger partial charge in [-0.25, -0.2) is 18.7 Å². The van der Waals surface area contributed by atoms with E-state index in [0.29, 0.717) is 30.3 Å². The van der Waals surface area contributed by atoms with Crippen molar-refractivity contribution in [3.8, 4) is 5.75 Å². The monoisotopic (exact) mass is 396 g/mol. The third-order valence-electron chi connectivity index (χ3n) is 4.59. The molecule has 4 rings (SSSR count). The van der Waals surface area contributed by atoms with Crippen LogP contribution in [-0.2, 0) is 0 Å². The van der Waals surface area contributed by atoms with Crippen LogP contribution >= 0.6 is 0 Å². The van der Waals surface area contributed by atoms with Crippen molar-refractivity contribution in [2.75, 3.05) is 17.2 Å². The molecule has 0 radical (unpaired) electrons. The SMILES string of the molecule is Cc1ccnc(N[C@H]2CCOc3c(C(=O)Nc4ccc(F)c(F)c4)cccc32)n1. The van der Waals surface area contributed by atoms with E-state index >= 15 is 0 Å². The fourth-order valence-corrected chi connectivity index (χ4v) is 3.20. The highest BCUT2D eigenvalue weighted by Gasteiger charge is 2.26. The van der Waals surface area contributed by atoms with Crippen LogP contribution in [-0.4, -0.2) is 22.5 Å². The smallest absolute Gasteiger partial charge is 0.259 e. The Morgan fingerprint density at radius 3 is 2.83 bits per heavy atom. The van der Waals surface area contributed by atoms with Crippen LogP contribution in [0.4, 0.5) is 20.4 Å². The molecule has 2 N–H and O–H groups in total. The number of aryl methyl sites for hydroxylation is 1. The van der Waals surface area contributed by atoms with E-state index < -0.39 is 17.5 Å². The maximum atomic E-state index is 13.4. The van der Waals surface area contributed by atoms with Crippen LogP contribution in [0.25, 0.3) is 0 Å². The summed E-state index contributed by atoms with van der Waals surface area (Å²) in [6.45, 7) is 2.29. The fraction of sp³-hybridized carbons (Fsp3) is 0.190. The van der Waals surface area contributed by atoms with Gasteiger partial charge in [0, 0.05) is 35.6 Å². The topological polar surface area (TPSA) is 76.1 Å². The molecule has 0 saturated carbocycles. The van der Waals surface area contributed by atoms with Crippen LogP contribution in [0.2, 0.25) is 0 Å². The zero-order chi connectivity index (χ0) is 20.4. The Labute approximate surface area is 166 Å². The Kier molecular flexibility index (Phi) is 5.07. The Morgan fingerprint density at radius 1 is 1.17 bits per heavy atom. The number of amides is 1. The number of aromatic nitrogens is 2. The zero-order valence-electron chi connectivity index (χ0n) is 15.6. The first-order chi connectivity index (χ1) is 14.0. The summed E-state index contributed by atoms with van der Waals surface area (Å²) >= 11 is 0. The van der Waals surface area contributed by atoms with Gasteiger partial charge >= 0.3 is 0 Å². The van der Waals surface area contributed by atoms with Crippen LogP contribution in [0.15, 0.2) is 48.7 Å². The maximum Gasteiger partial charge on any atom is 0.259 e. The predicted molar refractivity (Wildman–Crippen MR) is 104 cm³/mol. The number of carbonyl (C=O) groups excluding carboxylic acids is 1. The van der Waals surface area contributed by atoms with Crippen molar-refractivity contribution in [3.05, 3.63) is 77.1 Å². The highest BCUT2D eigenvalue weighted by atomic mass is 19.2. The van der Waals surface area contributed by atoms with E-state index in [9.17, 15) is 13.6 Å². The molecule has 8 heteroatoms. The number of nitrogens with zero attached hydrogens (tertiary/aromatic N) is 2. The van der Waals surface area contributed by atoms with Gasteiger partial charge in [0.15, 0.2) is 11.6 Å². The molecule has 0 aliphatic carbocycles. The number of rotatable bonds is 4. The normalized spacial score (nSPS) is 15.2. The first-order valence-electron chi connectivity index (χ1n) is 9.09. The first-order valence-corrected chi connectivity index (χ1v) is 9.09. The number of benzene rings is 2. The van der Waals surface area contributed by atoms with Crippen molar-refractivity contribution in [1.29, 1.82) is 0 Å². The van der Waals surface area contributed by atoms with Gasteiger partial charge in [0.2, 0.25) is 5.95 Å². The van der Waals surface area contributed by atoms with E-state index in [1.165, 1.54) is 6.07 Å². The van der Waals surface area contributed by atoms with Gasteiger partial charge in [0.25, 0.3) is 5.91 Å². The molecule has 2 aromatic carbocycles. The quantitative estimate of drug-likeness (QED) is 0.690. The minimum Gasteiger partial charge on any atom is -0.492 e. The number of hydrogen-bond acceptors (Lipinski definition) is 5. The summed E-state index contributed by atoms with van der Waals surface area (Å²) in [4.78, 5) is 21.3. The van der Waals surface area contributed by atoms with Crippen LogP contribution < -0.4 is 15.4 Å². The van der Waals surface area contributed by atoms with Crippen molar-refractivity contribution in [2.45, 2.75) is 19.4 Å². The Hall–Kier alpha value is -3.55. The molecule has 0 saturated heterocycles. The largest absolute Gasteiger partial charge is 0.492 e. The van der Waals surface area contributed by atoms with E-state index in [-0.39, 0.29) is 11.7 Å². The van der Waals surface area contributed by atoms with Gasteiger partial charge in [0.05, 0.1) is 18.2 Å². The summed E-state index contributed by atoms with van der Waals surface area (Å²) in [5.74, 6) is -1.53. The van der Waals surface area contributed by atoms with E-state index in [0.717, 1.165) is 23.4 Å². The van der Waals surface area contributed by atoms with Gasteiger partial charge in [-0.15, -0.1) is 0 Å². The number of halogens is 2. The molecule has 3 aromatic rings. The van der Waals surface area contributed by atoms with Crippen molar-refractivity contribution in [2.24, 2.45) is 0 Å². The van der Waals surface area contributed by atoms with Gasteiger partial charge < -0.3 is 15.4 Å². The standard InChI is InChI=1S/C21H18F2N4O2/c1-12-7-9-24-21(25-12)27-18-8-10-29-19-14(18)3-2-4-15(19)20(28)26-13-5-6-16(22)17(23)11-13/h2-7,9,11,18H,8,10H2,1H3,(H,26,28)(H,24,25,27)/t18-/m0/s1. The molecule has 29 heavy (non-hydrogen) atoms. The second kappa shape index (κ2) is 7.83. The van der Waals surface area contributed by atoms with E-state index in [1.54, 1.807) is 18.3 Å².